The lowest BCUT2D eigenvalue weighted by molar-refractivity contribution is 0.0734. The highest BCUT2D eigenvalue weighted by molar-refractivity contribution is 5.97. The summed E-state index contributed by atoms with van der Waals surface area (Å²) in [6.45, 7) is 2.23. The standard InChI is InChI=1S/C27H17FO7/c1-2-32-22-8-4-5-15-12-21(27(31)35-25(15)22)20-14-24(29)34-23-13-18(9-10-19(20)23)33-26(30)16-6-3-7-17(28)11-16/h3-14H,2H2,1H3. The van der Waals surface area contributed by atoms with Gasteiger partial charge in [0.25, 0.3) is 0 Å². The van der Waals surface area contributed by atoms with Gasteiger partial charge in [-0.25, -0.2) is 18.8 Å². The molecule has 0 spiro atoms. The number of hydrogen-bond acceptors (Lipinski definition) is 7. The second kappa shape index (κ2) is 8.90. The highest BCUT2D eigenvalue weighted by atomic mass is 19.1. The average molecular weight is 472 g/mol. The van der Waals surface area contributed by atoms with Gasteiger partial charge in [-0.05, 0) is 49.4 Å². The summed E-state index contributed by atoms with van der Waals surface area (Å²) in [5, 5.41) is 1.05. The van der Waals surface area contributed by atoms with E-state index in [4.69, 9.17) is 18.3 Å². The second-order valence-corrected chi connectivity index (χ2v) is 7.59. The number of rotatable bonds is 5. The van der Waals surface area contributed by atoms with Gasteiger partial charge in [0.1, 0.15) is 17.1 Å². The van der Waals surface area contributed by atoms with Crippen molar-refractivity contribution in [1.29, 1.82) is 0 Å². The highest BCUT2D eigenvalue weighted by Crippen LogP contribution is 2.32. The van der Waals surface area contributed by atoms with Crippen LogP contribution in [0.4, 0.5) is 4.39 Å². The molecular formula is C27H17FO7. The highest BCUT2D eigenvalue weighted by Gasteiger charge is 2.17. The predicted molar refractivity (Wildman–Crippen MR) is 126 cm³/mol. The van der Waals surface area contributed by atoms with Gasteiger partial charge in [-0.2, -0.15) is 0 Å². The molecule has 5 aromatic rings. The van der Waals surface area contributed by atoms with E-state index in [-0.39, 0.29) is 22.5 Å². The normalized spacial score (nSPS) is 11.0. The Morgan fingerprint density at radius 2 is 1.74 bits per heavy atom. The fourth-order valence-electron chi connectivity index (χ4n) is 3.79. The summed E-state index contributed by atoms with van der Waals surface area (Å²) >= 11 is 0. The molecule has 8 heteroatoms. The molecule has 0 N–H and O–H groups in total. The number of ether oxygens (including phenoxy) is 2. The summed E-state index contributed by atoms with van der Waals surface area (Å²) in [5.74, 6) is -0.825. The number of benzene rings is 3. The van der Waals surface area contributed by atoms with Crippen LogP contribution in [0.2, 0.25) is 0 Å². The van der Waals surface area contributed by atoms with Crippen molar-refractivity contribution in [3.63, 3.8) is 0 Å². The molecule has 174 valence electrons. The molecule has 0 aliphatic carbocycles. The van der Waals surface area contributed by atoms with E-state index in [9.17, 15) is 18.8 Å². The van der Waals surface area contributed by atoms with Gasteiger partial charge >= 0.3 is 17.2 Å². The molecule has 0 amide bonds. The Kier molecular flexibility index (Phi) is 5.62. The lowest BCUT2D eigenvalue weighted by Gasteiger charge is -2.09. The van der Waals surface area contributed by atoms with E-state index < -0.39 is 23.0 Å². The van der Waals surface area contributed by atoms with Crippen molar-refractivity contribution < 1.29 is 27.5 Å². The fourth-order valence-corrected chi connectivity index (χ4v) is 3.79. The van der Waals surface area contributed by atoms with Crippen LogP contribution in [-0.2, 0) is 0 Å². The van der Waals surface area contributed by atoms with E-state index in [2.05, 4.69) is 0 Å². The van der Waals surface area contributed by atoms with E-state index in [1.54, 1.807) is 30.3 Å². The van der Waals surface area contributed by atoms with Crippen molar-refractivity contribution in [3.8, 4) is 22.6 Å². The number of carbonyl (C=O) groups is 1. The third-order valence-electron chi connectivity index (χ3n) is 5.30. The second-order valence-electron chi connectivity index (χ2n) is 7.59. The number of fused-ring (bicyclic) bond motifs is 2. The summed E-state index contributed by atoms with van der Waals surface area (Å²) in [7, 11) is 0. The maximum absolute atomic E-state index is 13.4. The Morgan fingerprint density at radius 1 is 0.914 bits per heavy atom. The van der Waals surface area contributed by atoms with Crippen molar-refractivity contribution in [2.45, 2.75) is 6.92 Å². The summed E-state index contributed by atoms with van der Waals surface area (Å²) in [4.78, 5) is 37.6. The molecule has 0 radical (unpaired) electrons. The van der Waals surface area contributed by atoms with Crippen LogP contribution in [0.25, 0.3) is 33.1 Å². The number of para-hydroxylation sites is 1. The van der Waals surface area contributed by atoms with Crippen LogP contribution >= 0.6 is 0 Å². The first-order valence-corrected chi connectivity index (χ1v) is 10.7. The maximum Gasteiger partial charge on any atom is 0.344 e. The molecule has 2 heterocycles. The minimum Gasteiger partial charge on any atom is -0.490 e. The van der Waals surface area contributed by atoms with Crippen LogP contribution in [0.15, 0.2) is 91.2 Å². The van der Waals surface area contributed by atoms with Gasteiger partial charge in [0.05, 0.1) is 17.7 Å². The summed E-state index contributed by atoms with van der Waals surface area (Å²) < 4.78 is 35.1. The van der Waals surface area contributed by atoms with Crippen molar-refractivity contribution in [1.82, 2.24) is 0 Å². The van der Waals surface area contributed by atoms with Crippen molar-refractivity contribution in [2.75, 3.05) is 6.61 Å². The van der Waals surface area contributed by atoms with Crippen LogP contribution in [0.1, 0.15) is 17.3 Å². The van der Waals surface area contributed by atoms with Crippen LogP contribution in [0, 0.1) is 5.82 Å². The van der Waals surface area contributed by atoms with E-state index in [1.807, 2.05) is 6.92 Å². The first-order valence-electron chi connectivity index (χ1n) is 10.7. The zero-order valence-corrected chi connectivity index (χ0v) is 18.4. The van der Waals surface area contributed by atoms with Crippen LogP contribution in [-0.4, -0.2) is 12.6 Å². The fraction of sp³-hybridized carbons (Fsp3) is 0.0741. The smallest absolute Gasteiger partial charge is 0.344 e. The zero-order chi connectivity index (χ0) is 24.5. The Labute approximate surface area is 196 Å². The van der Waals surface area contributed by atoms with Gasteiger partial charge in [0.15, 0.2) is 11.3 Å². The third-order valence-corrected chi connectivity index (χ3v) is 5.30. The lowest BCUT2D eigenvalue weighted by atomic mass is 10.0. The van der Waals surface area contributed by atoms with Crippen molar-refractivity contribution >= 4 is 27.9 Å². The first kappa shape index (κ1) is 22.1. The van der Waals surface area contributed by atoms with Crippen molar-refractivity contribution in [2.24, 2.45) is 0 Å². The third kappa shape index (κ3) is 4.29. The maximum atomic E-state index is 13.4. The minimum atomic E-state index is -0.775. The molecule has 0 bridgehead atoms. The summed E-state index contributed by atoms with van der Waals surface area (Å²) in [6, 6.07) is 17.5. The average Bonchev–Trinajstić information content (AvgIpc) is 2.83. The molecule has 7 nitrogen and oxygen atoms in total. The largest absolute Gasteiger partial charge is 0.490 e. The van der Waals surface area contributed by atoms with Crippen LogP contribution in [0.3, 0.4) is 0 Å². The van der Waals surface area contributed by atoms with Gasteiger partial charge in [-0.1, -0.05) is 18.2 Å². The first-order chi connectivity index (χ1) is 16.9. The Hall–Kier alpha value is -4.72. The topological polar surface area (TPSA) is 96.0 Å². The quantitative estimate of drug-likeness (QED) is 0.194. The molecule has 0 unspecified atom stereocenters. The lowest BCUT2D eigenvalue weighted by Crippen LogP contribution is -2.09. The number of esters is 1. The Morgan fingerprint density at radius 3 is 2.54 bits per heavy atom. The van der Waals surface area contributed by atoms with Crippen LogP contribution < -0.4 is 20.7 Å². The molecule has 0 fully saturated rings. The minimum absolute atomic E-state index is 0.0282. The SMILES string of the molecule is CCOc1cccc2cc(-c3cc(=O)oc4cc(OC(=O)c5cccc(F)c5)ccc34)c(=O)oc12. The number of carbonyl (C=O) groups excluding carboxylic acids is 1. The van der Waals surface area contributed by atoms with Gasteiger partial charge in [0.2, 0.25) is 0 Å². The molecule has 0 aliphatic rings. The monoisotopic (exact) mass is 472 g/mol. The number of hydrogen-bond donors (Lipinski definition) is 0. The van der Waals surface area contributed by atoms with E-state index in [0.29, 0.717) is 34.3 Å². The summed E-state index contributed by atoms with van der Waals surface area (Å²) in [6.07, 6.45) is 0. The van der Waals surface area contributed by atoms with E-state index in [1.165, 1.54) is 36.4 Å². The Bertz CT molecular complexity index is 1720. The molecule has 0 atom stereocenters. The summed E-state index contributed by atoms with van der Waals surface area (Å²) in [5.41, 5.74) is -0.464. The van der Waals surface area contributed by atoms with Gasteiger partial charge in [-0.15, -0.1) is 0 Å². The molecule has 0 saturated carbocycles. The van der Waals surface area contributed by atoms with Crippen LogP contribution in [0.5, 0.6) is 11.5 Å². The molecule has 5 rings (SSSR count). The van der Waals surface area contributed by atoms with Gasteiger partial charge in [-0.3, -0.25) is 0 Å². The van der Waals surface area contributed by atoms with E-state index in [0.717, 1.165) is 6.07 Å². The zero-order valence-electron chi connectivity index (χ0n) is 18.4. The van der Waals surface area contributed by atoms with Gasteiger partial charge in [0, 0.05) is 28.5 Å². The number of halogens is 1. The molecule has 35 heavy (non-hydrogen) atoms. The van der Waals surface area contributed by atoms with Crippen molar-refractivity contribution in [3.05, 3.63) is 105 Å². The molecule has 3 aromatic carbocycles. The molecule has 0 saturated heterocycles. The molecule has 0 aliphatic heterocycles. The van der Waals surface area contributed by atoms with E-state index >= 15 is 0 Å². The molecule has 2 aromatic heterocycles. The van der Waals surface area contributed by atoms with Gasteiger partial charge < -0.3 is 18.3 Å². The predicted octanol–water partition coefficient (Wildman–Crippen LogP) is 5.32. The Balaban J connectivity index is 1.58. The molecular weight excluding hydrogens is 455 g/mol.